The second-order valence-electron chi connectivity index (χ2n) is 4.21. The molecule has 0 atom stereocenters. The number of fused-ring (bicyclic) bond motifs is 3. The molecule has 0 aliphatic heterocycles. The second-order valence-corrected chi connectivity index (χ2v) is 4.21. The highest BCUT2D eigenvalue weighted by atomic mass is 16.3. The molecule has 1 heterocycles. The molecule has 0 saturated heterocycles. The molecular weight excluding hydrogens is 210 g/mol. The van der Waals surface area contributed by atoms with Gasteiger partial charge in [-0.05, 0) is 30.3 Å². The number of hydrogen-bond donors (Lipinski definition) is 1. The van der Waals surface area contributed by atoms with Gasteiger partial charge in [0.05, 0.1) is 0 Å². The van der Waals surface area contributed by atoms with Crippen LogP contribution >= 0.6 is 0 Å². The molecule has 1 N–H and O–H groups in total. The molecule has 0 aliphatic rings. The van der Waals surface area contributed by atoms with E-state index in [0.29, 0.717) is 0 Å². The molecule has 3 rings (SSSR count). The van der Waals surface area contributed by atoms with Crippen molar-refractivity contribution < 1.29 is 4.42 Å². The fourth-order valence-corrected chi connectivity index (χ4v) is 2.15. The summed E-state index contributed by atoms with van der Waals surface area (Å²) in [6.07, 6.45) is 0. The van der Waals surface area contributed by atoms with E-state index >= 15 is 0 Å². The van der Waals surface area contributed by atoms with Gasteiger partial charge in [-0.25, -0.2) is 0 Å². The van der Waals surface area contributed by atoms with Crippen LogP contribution in [0.3, 0.4) is 0 Å². The minimum atomic E-state index is 0.909. The molecule has 0 aliphatic carbocycles. The van der Waals surface area contributed by atoms with Crippen LogP contribution < -0.4 is 5.32 Å². The van der Waals surface area contributed by atoms with Gasteiger partial charge in [0.1, 0.15) is 11.2 Å². The molecule has 2 heteroatoms. The molecule has 3 aromatic rings. The molecule has 0 amide bonds. The monoisotopic (exact) mass is 225 g/mol. The maximum atomic E-state index is 5.79. The van der Waals surface area contributed by atoms with Crippen molar-refractivity contribution in [3.63, 3.8) is 0 Å². The van der Waals surface area contributed by atoms with Crippen LogP contribution in [0.15, 0.2) is 46.9 Å². The van der Waals surface area contributed by atoms with E-state index in [2.05, 4.69) is 36.5 Å². The lowest BCUT2D eigenvalue weighted by molar-refractivity contribution is 0.668. The summed E-state index contributed by atoms with van der Waals surface area (Å²) in [6, 6.07) is 14.6. The van der Waals surface area contributed by atoms with Crippen molar-refractivity contribution >= 4 is 21.9 Å². The van der Waals surface area contributed by atoms with Crippen LogP contribution in [-0.4, -0.2) is 6.54 Å². The van der Waals surface area contributed by atoms with Gasteiger partial charge in [0.15, 0.2) is 0 Å². The summed E-state index contributed by atoms with van der Waals surface area (Å²) in [5, 5.41) is 5.74. The second kappa shape index (κ2) is 4.22. The maximum Gasteiger partial charge on any atom is 0.135 e. The van der Waals surface area contributed by atoms with Crippen LogP contribution in [0.25, 0.3) is 21.9 Å². The molecule has 17 heavy (non-hydrogen) atoms. The van der Waals surface area contributed by atoms with Crippen LogP contribution in [-0.2, 0) is 6.54 Å². The van der Waals surface area contributed by atoms with E-state index in [4.69, 9.17) is 4.42 Å². The number of benzene rings is 2. The van der Waals surface area contributed by atoms with Gasteiger partial charge in [-0.3, -0.25) is 0 Å². The largest absolute Gasteiger partial charge is 0.456 e. The Morgan fingerprint density at radius 2 is 1.82 bits per heavy atom. The zero-order chi connectivity index (χ0) is 11.7. The van der Waals surface area contributed by atoms with Crippen molar-refractivity contribution in [1.82, 2.24) is 5.32 Å². The SMILES string of the molecule is CCNCc1ccc2oc3ccccc3c2c1. The molecule has 0 spiro atoms. The minimum absolute atomic E-state index is 0.909. The summed E-state index contributed by atoms with van der Waals surface area (Å²) in [5.41, 5.74) is 3.22. The Labute approximate surface area is 100 Å². The Hall–Kier alpha value is -1.80. The number of rotatable bonds is 3. The quantitative estimate of drug-likeness (QED) is 0.735. The normalized spacial score (nSPS) is 11.4. The van der Waals surface area contributed by atoms with Gasteiger partial charge in [0.2, 0.25) is 0 Å². The molecule has 0 unspecified atom stereocenters. The molecular formula is C15H15NO. The molecule has 1 aromatic heterocycles. The van der Waals surface area contributed by atoms with Gasteiger partial charge < -0.3 is 9.73 Å². The maximum absolute atomic E-state index is 5.79. The summed E-state index contributed by atoms with van der Waals surface area (Å²) >= 11 is 0. The third-order valence-corrected chi connectivity index (χ3v) is 3.02. The number of nitrogens with one attached hydrogen (secondary N) is 1. The smallest absolute Gasteiger partial charge is 0.135 e. The predicted molar refractivity (Wildman–Crippen MR) is 71.1 cm³/mol. The summed E-state index contributed by atoms with van der Waals surface area (Å²) in [5.74, 6) is 0. The van der Waals surface area contributed by atoms with Crippen molar-refractivity contribution in [2.45, 2.75) is 13.5 Å². The lowest BCUT2D eigenvalue weighted by atomic mass is 10.1. The van der Waals surface area contributed by atoms with Crippen LogP contribution in [0, 0.1) is 0 Å². The van der Waals surface area contributed by atoms with Crippen LogP contribution in [0.5, 0.6) is 0 Å². The van der Waals surface area contributed by atoms with E-state index in [1.165, 1.54) is 16.3 Å². The fourth-order valence-electron chi connectivity index (χ4n) is 2.15. The lowest BCUT2D eigenvalue weighted by Crippen LogP contribution is -2.11. The Balaban J connectivity index is 2.16. The van der Waals surface area contributed by atoms with Gasteiger partial charge in [-0.2, -0.15) is 0 Å². The number of hydrogen-bond acceptors (Lipinski definition) is 2. The van der Waals surface area contributed by atoms with Crippen LogP contribution in [0.4, 0.5) is 0 Å². The van der Waals surface area contributed by atoms with E-state index in [1.54, 1.807) is 0 Å². The van der Waals surface area contributed by atoms with E-state index in [9.17, 15) is 0 Å². The van der Waals surface area contributed by atoms with Crippen molar-refractivity contribution in [1.29, 1.82) is 0 Å². The van der Waals surface area contributed by atoms with Crippen LogP contribution in [0.1, 0.15) is 12.5 Å². The Kier molecular flexibility index (Phi) is 2.57. The number of furan rings is 1. The van der Waals surface area contributed by atoms with Gasteiger partial charge in [0, 0.05) is 17.3 Å². The predicted octanol–water partition coefficient (Wildman–Crippen LogP) is 3.70. The van der Waals surface area contributed by atoms with E-state index in [1.807, 2.05) is 18.2 Å². The molecule has 0 radical (unpaired) electrons. The topological polar surface area (TPSA) is 25.2 Å². The third-order valence-electron chi connectivity index (χ3n) is 3.02. The van der Waals surface area contributed by atoms with Crippen molar-refractivity contribution in [2.75, 3.05) is 6.54 Å². The highest BCUT2D eigenvalue weighted by Gasteiger charge is 2.06. The summed E-state index contributed by atoms with van der Waals surface area (Å²) in [4.78, 5) is 0. The first-order valence-corrected chi connectivity index (χ1v) is 5.99. The van der Waals surface area contributed by atoms with Crippen molar-refractivity contribution in [2.24, 2.45) is 0 Å². The molecule has 2 nitrogen and oxygen atoms in total. The molecule has 0 bridgehead atoms. The Morgan fingerprint density at radius 3 is 2.71 bits per heavy atom. The van der Waals surface area contributed by atoms with Crippen LogP contribution in [0.2, 0.25) is 0 Å². The number of para-hydroxylation sites is 1. The first kappa shape index (κ1) is 10.4. The van der Waals surface area contributed by atoms with Gasteiger partial charge in [-0.15, -0.1) is 0 Å². The third kappa shape index (κ3) is 1.81. The summed E-state index contributed by atoms with van der Waals surface area (Å²) in [7, 11) is 0. The lowest BCUT2D eigenvalue weighted by Gasteiger charge is -2.01. The Bertz CT molecular complexity index is 654. The average molecular weight is 225 g/mol. The van der Waals surface area contributed by atoms with Crippen molar-refractivity contribution in [3.05, 3.63) is 48.0 Å². The van der Waals surface area contributed by atoms with Gasteiger partial charge in [-0.1, -0.05) is 31.2 Å². The standard InChI is InChI=1S/C15H15NO/c1-2-16-10-11-7-8-15-13(9-11)12-5-3-4-6-14(12)17-15/h3-9,16H,2,10H2,1H3. The first-order chi connectivity index (χ1) is 8.38. The van der Waals surface area contributed by atoms with E-state index in [-0.39, 0.29) is 0 Å². The zero-order valence-electron chi connectivity index (χ0n) is 9.86. The Morgan fingerprint density at radius 1 is 1.00 bits per heavy atom. The van der Waals surface area contributed by atoms with Crippen molar-refractivity contribution in [3.8, 4) is 0 Å². The molecule has 0 saturated carbocycles. The summed E-state index contributed by atoms with van der Waals surface area (Å²) < 4.78 is 5.79. The van der Waals surface area contributed by atoms with E-state index < -0.39 is 0 Å². The first-order valence-electron chi connectivity index (χ1n) is 5.99. The molecule has 86 valence electrons. The van der Waals surface area contributed by atoms with E-state index in [0.717, 1.165) is 24.3 Å². The molecule has 2 aromatic carbocycles. The van der Waals surface area contributed by atoms with Gasteiger partial charge >= 0.3 is 0 Å². The highest BCUT2D eigenvalue weighted by molar-refractivity contribution is 6.04. The zero-order valence-corrected chi connectivity index (χ0v) is 9.86. The summed E-state index contributed by atoms with van der Waals surface area (Å²) in [6.45, 7) is 4.02. The fraction of sp³-hybridized carbons (Fsp3) is 0.200. The molecule has 0 fully saturated rings. The highest BCUT2D eigenvalue weighted by Crippen LogP contribution is 2.28. The van der Waals surface area contributed by atoms with Gasteiger partial charge in [0.25, 0.3) is 0 Å². The minimum Gasteiger partial charge on any atom is -0.456 e. The average Bonchev–Trinajstić information content (AvgIpc) is 2.74.